The molecular formula is C11H12N4OS. The molecule has 0 bridgehead atoms. The Kier molecular flexibility index (Phi) is 3.66. The molecule has 0 atom stereocenters. The van der Waals surface area contributed by atoms with Crippen LogP contribution in [0, 0.1) is 0 Å². The van der Waals surface area contributed by atoms with E-state index in [0.717, 1.165) is 17.1 Å². The highest BCUT2D eigenvalue weighted by Gasteiger charge is 1.98. The van der Waals surface area contributed by atoms with E-state index in [9.17, 15) is 4.79 Å². The largest absolute Gasteiger partial charge is 0.379 e. The first kappa shape index (κ1) is 11.5. The SMILES string of the molecule is CC(=O)Nc1ccc(NCc2csnn2)cc1. The van der Waals surface area contributed by atoms with Gasteiger partial charge in [0.2, 0.25) is 5.91 Å². The molecule has 0 aliphatic carbocycles. The number of amides is 1. The van der Waals surface area contributed by atoms with Gasteiger partial charge in [-0.25, -0.2) is 0 Å². The van der Waals surface area contributed by atoms with Crippen LogP contribution in [-0.4, -0.2) is 15.5 Å². The summed E-state index contributed by atoms with van der Waals surface area (Å²) in [5.74, 6) is -0.0701. The van der Waals surface area contributed by atoms with Crippen LogP contribution in [0.2, 0.25) is 0 Å². The summed E-state index contributed by atoms with van der Waals surface area (Å²) >= 11 is 1.34. The third-order valence-corrected chi connectivity index (χ3v) is 2.64. The third kappa shape index (κ3) is 3.53. The van der Waals surface area contributed by atoms with Crippen molar-refractivity contribution in [3.05, 3.63) is 35.3 Å². The molecule has 1 amide bonds. The van der Waals surface area contributed by atoms with Crippen LogP contribution >= 0.6 is 11.5 Å². The summed E-state index contributed by atoms with van der Waals surface area (Å²) in [5.41, 5.74) is 2.69. The predicted molar refractivity (Wildman–Crippen MR) is 68.0 cm³/mol. The molecule has 0 aliphatic heterocycles. The number of rotatable bonds is 4. The second-order valence-electron chi connectivity index (χ2n) is 3.51. The maximum absolute atomic E-state index is 10.8. The summed E-state index contributed by atoms with van der Waals surface area (Å²) in [4.78, 5) is 10.8. The third-order valence-electron chi connectivity index (χ3n) is 2.08. The number of aromatic nitrogens is 2. The molecule has 5 nitrogen and oxygen atoms in total. The average molecular weight is 248 g/mol. The standard InChI is InChI=1S/C11H12N4OS/c1-8(16)13-10-4-2-9(3-5-10)12-6-11-7-17-15-14-11/h2-5,7,12H,6H2,1H3,(H,13,16). The van der Waals surface area contributed by atoms with Gasteiger partial charge in [-0.2, -0.15) is 0 Å². The fourth-order valence-corrected chi connectivity index (χ4v) is 1.78. The molecule has 6 heteroatoms. The van der Waals surface area contributed by atoms with Crippen LogP contribution in [0.3, 0.4) is 0 Å². The molecule has 0 spiro atoms. The smallest absolute Gasteiger partial charge is 0.221 e. The van der Waals surface area contributed by atoms with E-state index in [1.165, 1.54) is 18.5 Å². The topological polar surface area (TPSA) is 66.9 Å². The number of nitrogens with zero attached hydrogens (tertiary/aromatic N) is 2. The summed E-state index contributed by atoms with van der Waals surface area (Å²) in [6, 6.07) is 7.52. The molecule has 0 unspecified atom stereocenters. The van der Waals surface area contributed by atoms with Gasteiger partial charge in [0.15, 0.2) is 0 Å². The van der Waals surface area contributed by atoms with Gasteiger partial charge in [-0.15, -0.1) is 5.10 Å². The van der Waals surface area contributed by atoms with Gasteiger partial charge in [-0.1, -0.05) is 4.49 Å². The lowest BCUT2D eigenvalue weighted by Crippen LogP contribution is -2.05. The lowest BCUT2D eigenvalue weighted by Gasteiger charge is -2.06. The lowest BCUT2D eigenvalue weighted by molar-refractivity contribution is -0.114. The number of anilines is 2. The molecule has 2 rings (SSSR count). The van der Waals surface area contributed by atoms with Crippen LogP contribution in [0.4, 0.5) is 11.4 Å². The summed E-state index contributed by atoms with van der Waals surface area (Å²) in [6.45, 7) is 2.14. The number of benzene rings is 1. The number of nitrogens with one attached hydrogen (secondary N) is 2. The Morgan fingerprint density at radius 2 is 2.00 bits per heavy atom. The van der Waals surface area contributed by atoms with Crippen molar-refractivity contribution in [2.24, 2.45) is 0 Å². The number of hydrogen-bond donors (Lipinski definition) is 2. The van der Waals surface area contributed by atoms with Crippen LogP contribution in [0.15, 0.2) is 29.6 Å². The molecular weight excluding hydrogens is 236 g/mol. The predicted octanol–water partition coefficient (Wildman–Crippen LogP) is 2.11. The van der Waals surface area contributed by atoms with Crippen LogP contribution in [0.25, 0.3) is 0 Å². The summed E-state index contributed by atoms with van der Waals surface area (Å²) in [7, 11) is 0. The van der Waals surface area contributed by atoms with Crippen LogP contribution in [0.5, 0.6) is 0 Å². The van der Waals surface area contributed by atoms with Crippen LogP contribution in [0.1, 0.15) is 12.6 Å². The van der Waals surface area contributed by atoms with E-state index in [0.29, 0.717) is 6.54 Å². The lowest BCUT2D eigenvalue weighted by atomic mass is 10.2. The quantitative estimate of drug-likeness (QED) is 0.869. The van der Waals surface area contributed by atoms with E-state index < -0.39 is 0 Å². The monoisotopic (exact) mass is 248 g/mol. The van der Waals surface area contributed by atoms with Gasteiger partial charge in [0.05, 0.1) is 12.2 Å². The van der Waals surface area contributed by atoms with E-state index in [4.69, 9.17) is 0 Å². The first-order chi connectivity index (χ1) is 8.24. The molecule has 1 heterocycles. The van der Waals surface area contributed by atoms with E-state index in [2.05, 4.69) is 20.2 Å². The van der Waals surface area contributed by atoms with E-state index in [1.807, 2.05) is 29.6 Å². The van der Waals surface area contributed by atoms with E-state index in [-0.39, 0.29) is 5.91 Å². The molecule has 17 heavy (non-hydrogen) atoms. The van der Waals surface area contributed by atoms with E-state index in [1.54, 1.807) is 0 Å². The Morgan fingerprint density at radius 3 is 2.59 bits per heavy atom. The minimum atomic E-state index is -0.0701. The number of hydrogen-bond acceptors (Lipinski definition) is 5. The number of carbonyl (C=O) groups excluding carboxylic acids is 1. The van der Waals surface area contributed by atoms with Crippen molar-refractivity contribution in [2.45, 2.75) is 13.5 Å². The maximum atomic E-state index is 10.8. The van der Waals surface area contributed by atoms with Gasteiger partial charge in [0.1, 0.15) is 0 Å². The van der Waals surface area contributed by atoms with Gasteiger partial charge in [0.25, 0.3) is 0 Å². The van der Waals surface area contributed by atoms with Crippen molar-refractivity contribution in [3.8, 4) is 0 Å². The van der Waals surface area contributed by atoms with Crippen molar-refractivity contribution >= 4 is 28.8 Å². The zero-order valence-electron chi connectivity index (χ0n) is 9.30. The fraction of sp³-hybridized carbons (Fsp3) is 0.182. The second-order valence-corrected chi connectivity index (χ2v) is 4.12. The molecule has 1 aromatic heterocycles. The van der Waals surface area contributed by atoms with Gasteiger partial charge in [-0.05, 0) is 35.8 Å². The first-order valence-electron chi connectivity index (χ1n) is 5.11. The van der Waals surface area contributed by atoms with E-state index >= 15 is 0 Å². The molecule has 1 aromatic carbocycles. The normalized spacial score (nSPS) is 9.94. The zero-order valence-corrected chi connectivity index (χ0v) is 10.1. The minimum absolute atomic E-state index is 0.0701. The molecule has 0 radical (unpaired) electrons. The highest BCUT2D eigenvalue weighted by atomic mass is 32.1. The average Bonchev–Trinajstić information content (AvgIpc) is 2.80. The highest BCUT2D eigenvalue weighted by Crippen LogP contribution is 2.14. The van der Waals surface area contributed by atoms with Crippen molar-refractivity contribution in [1.29, 1.82) is 0 Å². The van der Waals surface area contributed by atoms with Crippen molar-refractivity contribution in [1.82, 2.24) is 9.59 Å². The second kappa shape index (κ2) is 5.40. The van der Waals surface area contributed by atoms with Crippen molar-refractivity contribution in [2.75, 3.05) is 10.6 Å². The molecule has 0 aliphatic rings. The van der Waals surface area contributed by atoms with Gasteiger partial charge in [0, 0.05) is 23.7 Å². The molecule has 0 fully saturated rings. The molecule has 2 N–H and O–H groups in total. The van der Waals surface area contributed by atoms with Gasteiger partial charge in [-0.3, -0.25) is 4.79 Å². The molecule has 2 aromatic rings. The van der Waals surface area contributed by atoms with Crippen LogP contribution in [-0.2, 0) is 11.3 Å². The minimum Gasteiger partial charge on any atom is -0.379 e. The summed E-state index contributed by atoms with van der Waals surface area (Å²) in [6.07, 6.45) is 0. The Bertz CT molecular complexity index is 481. The fourth-order valence-electron chi connectivity index (χ4n) is 1.33. The maximum Gasteiger partial charge on any atom is 0.221 e. The molecule has 88 valence electrons. The Balaban J connectivity index is 1.91. The molecule has 0 saturated heterocycles. The summed E-state index contributed by atoms with van der Waals surface area (Å²) in [5, 5.41) is 11.8. The Hall–Kier alpha value is -1.95. The molecule has 0 saturated carbocycles. The zero-order chi connectivity index (χ0) is 12.1. The first-order valence-corrected chi connectivity index (χ1v) is 5.95. The van der Waals surface area contributed by atoms with Crippen LogP contribution < -0.4 is 10.6 Å². The van der Waals surface area contributed by atoms with Gasteiger partial charge >= 0.3 is 0 Å². The van der Waals surface area contributed by atoms with Gasteiger partial charge < -0.3 is 10.6 Å². The summed E-state index contributed by atoms with van der Waals surface area (Å²) < 4.78 is 3.79. The Morgan fingerprint density at radius 1 is 1.29 bits per heavy atom. The van der Waals surface area contributed by atoms with Crippen molar-refractivity contribution in [3.63, 3.8) is 0 Å². The highest BCUT2D eigenvalue weighted by molar-refractivity contribution is 7.03. The Labute approximate surface area is 103 Å². The number of carbonyl (C=O) groups is 1. The van der Waals surface area contributed by atoms with Crippen molar-refractivity contribution < 1.29 is 4.79 Å².